The minimum atomic E-state index is 1.22. The summed E-state index contributed by atoms with van der Waals surface area (Å²) in [6, 6.07) is 0. The second-order valence-electron chi connectivity index (χ2n) is 3.67. The van der Waals surface area contributed by atoms with Crippen molar-refractivity contribution in [3.05, 3.63) is 11.3 Å². The standard InChI is InChI=1S/C10H17N/c1-2-5-9-6-4-8-11-10(9)7-3-1/h11H,1-8H2. The van der Waals surface area contributed by atoms with Crippen LogP contribution < -0.4 is 5.32 Å². The summed E-state index contributed by atoms with van der Waals surface area (Å²) in [4.78, 5) is 0. The molecule has 2 aliphatic rings. The van der Waals surface area contributed by atoms with Gasteiger partial charge in [-0.1, -0.05) is 12.0 Å². The normalized spacial score (nSPS) is 25.5. The third-order valence-corrected chi connectivity index (χ3v) is 2.83. The van der Waals surface area contributed by atoms with Gasteiger partial charge in [0.25, 0.3) is 0 Å². The van der Waals surface area contributed by atoms with E-state index in [0.29, 0.717) is 0 Å². The van der Waals surface area contributed by atoms with Crippen LogP contribution in [0.4, 0.5) is 0 Å². The zero-order valence-corrected chi connectivity index (χ0v) is 7.16. The molecule has 62 valence electrons. The summed E-state index contributed by atoms with van der Waals surface area (Å²) in [5, 5.41) is 3.54. The van der Waals surface area contributed by atoms with E-state index >= 15 is 0 Å². The van der Waals surface area contributed by atoms with Gasteiger partial charge in [-0.05, 0) is 38.5 Å². The van der Waals surface area contributed by atoms with Crippen molar-refractivity contribution in [2.24, 2.45) is 0 Å². The van der Waals surface area contributed by atoms with Gasteiger partial charge in [-0.3, -0.25) is 0 Å². The van der Waals surface area contributed by atoms with E-state index in [1.165, 1.54) is 51.5 Å². The highest BCUT2D eigenvalue weighted by atomic mass is 14.9. The lowest BCUT2D eigenvalue weighted by Crippen LogP contribution is -2.21. The van der Waals surface area contributed by atoms with Gasteiger partial charge in [0.1, 0.15) is 0 Å². The van der Waals surface area contributed by atoms with Gasteiger partial charge in [-0.25, -0.2) is 0 Å². The molecule has 0 bridgehead atoms. The van der Waals surface area contributed by atoms with Gasteiger partial charge in [0.05, 0.1) is 0 Å². The molecule has 2 rings (SSSR count). The molecule has 0 fully saturated rings. The van der Waals surface area contributed by atoms with E-state index in [9.17, 15) is 0 Å². The largest absolute Gasteiger partial charge is 0.388 e. The Balaban J connectivity index is 2.10. The van der Waals surface area contributed by atoms with Crippen LogP contribution in [0.1, 0.15) is 44.9 Å². The molecule has 0 aromatic heterocycles. The first-order valence-electron chi connectivity index (χ1n) is 4.91. The molecule has 0 saturated carbocycles. The van der Waals surface area contributed by atoms with Crippen LogP contribution in [0.3, 0.4) is 0 Å². The lowest BCUT2D eigenvalue weighted by molar-refractivity contribution is 0.625. The number of rotatable bonds is 0. The van der Waals surface area contributed by atoms with Crippen LogP contribution in [0.15, 0.2) is 11.3 Å². The number of hydrogen-bond acceptors (Lipinski definition) is 1. The molecule has 1 heteroatoms. The SMILES string of the molecule is C1CCC2=C(CC1)NCCC2. The van der Waals surface area contributed by atoms with Crippen LogP contribution in [-0.2, 0) is 0 Å². The lowest BCUT2D eigenvalue weighted by Gasteiger charge is -2.20. The molecule has 0 saturated heterocycles. The first-order valence-corrected chi connectivity index (χ1v) is 4.91. The Kier molecular flexibility index (Phi) is 2.16. The summed E-state index contributed by atoms with van der Waals surface area (Å²) in [7, 11) is 0. The first-order chi connectivity index (χ1) is 5.47. The Morgan fingerprint density at radius 3 is 2.64 bits per heavy atom. The molecule has 0 radical (unpaired) electrons. The Hall–Kier alpha value is -0.460. The highest BCUT2D eigenvalue weighted by molar-refractivity contribution is 5.16. The maximum absolute atomic E-state index is 3.54. The van der Waals surface area contributed by atoms with E-state index in [1.54, 1.807) is 11.3 Å². The monoisotopic (exact) mass is 151 g/mol. The van der Waals surface area contributed by atoms with Gasteiger partial charge in [0.15, 0.2) is 0 Å². The third-order valence-electron chi connectivity index (χ3n) is 2.83. The smallest absolute Gasteiger partial charge is 0.0147 e. The van der Waals surface area contributed by atoms with Crippen molar-refractivity contribution in [1.29, 1.82) is 0 Å². The molecule has 1 N–H and O–H groups in total. The van der Waals surface area contributed by atoms with Crippen LogP contribution in [0.5, 0.6) is 0 Å². The van der Waals surface area contributed by atoms with Crippen LogP contribution in [0, 0.1) is 0 Å². The van der Waals surface area contributed by atoms with E-state index in [4.69, 9.17) is 0 Å². The van der Waals surface area contributed by atoms with E-state index in [2.05, 4.69) is 5.32 Å². The van der Waals surface area contributed by atoms with Crippen LogP contribution in [0.2, 0.25) is 0 Å². The third kappa shape index (κ3) is 1.58. The molecule has 0 aromatic carbocycles. The summed E-state index contributed by atoms with van der Waals surface area (Å²) in [6.07, 6.45) is 9.72. The maximum atomic E-state index is 3.54. The molecule has 0 unspecified atom stereocenters. The molecule has 0 atom stereocenters. The second-order valence-corrected chi connectivity index (χ2v) is 3.67. The summed E-state index contributed by atoms with van der Waals surface area (Å²) in [6.45, 7) is 1.22. The van der Waals surface area contributed by atoms with Crippen molar-refractivity contribution < 1.29 is 0 Å². The van der Waals surface area contributed by atoms with Crippen molar-refractivity contribution >= 4 is 0 Å². The van der Waals surface area contributed by atoms with Crippen LogP contribution in [-0.4, -0.2) is 6.54 Å². The summed E-state index contributed by atoms with van der Waals surface area (Å²) < 4.78 is 0. The summed E-state index contributed by atoms with van der Waals surface area (Å²) in [5.74, 6) is 0. The quantitative estimate of drug-likeness (QED) is 0.561. The molecule has 1 nitrogen and oxygen atoms in total. The molecule has 1 aliphatic carbocycles. The van der Waals surface area contributed by atoms with Crippen LogP contribution >= 0.6 is 0 Å². The molecular formula is C10H17N. The Morgan fingerprint density at radius 2 is 1.64 bits per heavy atom. The maximum Gasteiger partial charge on any atom is 0.0147 e. The predicted octanol–water partition coefficient (Wildman–Crippen LogP) is 2.59. The number of allylic oxidation sites excluding steroid dienone is 2. The fraction of sp³-hybridized carbons (Fsp3) is 0.800. The van der Waals surface area contributed by atoms with Crippen molar-refractivity contribution in [3.63, 3.8) is 0 Å². The fourth-order valence-corrected chi connectivity index (χ4v) is 2.17. The average molecular weight is 151 g/mol. The van der Waals surface area contributed by atoms with E-state index in [-0.39, 0.29) is 0 Å². The Morgan fingerprint density at radius 1 is 0.818 bits per heavy atom. The molecule has 0 aromatic rings. The minimum absolute atomic E-state index is 1.22. The van der Waals surface area contributed by atoms with Crippen molar-refractivity contribution in [2.75, 3.05) is 6.54 Å². The topological polar surface area (TPSA) is 12.0 Å². The highest BCUT2D eigenvalue weighted by Gasteiger charge is 2.13. The zero-order valence-electron chi connectivity index (χ0n) is 7.16. The van der Waals surface area contributed by atoms with Gasteiger partial charge in [-0.15, -0.1) is 0 Å². The number of hydrogen-bond donors (Lipinski definition) is 1. The molecule has 0 spiro atoms. The van der Waals surface area contributed by atoms with E-state index in [0.717, 1.165) is 0 Å². The first kappa shape index (κ1) is 7.20. The van der Waals surface area contributed by atoms with E-state index in [1.807, 2.05) is 0 Å². The molecule has 0 amide bonds. The molecule has 11 heavy (non-hydrogen) atoms. The van der Waals surface area contributed by atoms with E-state index < -0.39 is 0 Å². The minimum Gasteiger partial charge on any atom is -0.388 e. The lowest BCUT2D eigenvalue weighted by atomic mass is 10.00. The zero-order chi connectivity index (χ0) is 7.52. The van der Waals surface area contributed by atoms with Gasteiger partial charge >= 0.3 is 0 Å². The van der Waals surface area contributed by atoms with Gasteiger partial charge in [-0.2, -0.15) is 0 Å². The van der Waals surface area contributed by atoms with Gasteiger partial charge < -0.3 is 5.32 Å². The second kappa shape index (κ2) is 3.29. The summed E-state index contributed by atoms with van der Waals surface area (Å²) in [5.41, 5.74) is 3.35. The van der Waals surface area contributed by atoms with Crippen molar-refractivity contribution in [2.45, 2.75) is 44.9 Å². The number of nitrogens with one attached hydrogen (secondary N) is 1. The van der Waals surface area contributed by atoms with Crippen LogP contribution in [0.25, 0.3) is 0 Å². The average Bonchev–Trinajstić information content (AvgIpc) is 2.28. The highest BCUT2D eigenvalue weighted by Crippen LogP contribution is 2.27. The Labute approximate surface area is 68.9 Å². The Bertz CT molecular complexity index is 152. The van der Waals surface area contributed by atoms with Gasteiger partial charge in [0.2, 0.25) is 0 Å². The van der Waals surface area contributed by atoms with Crippen molar-refractivity contribution in [3.8, 4) is 0 Å². The predicted molar refractivity (Wildman–Crippen MR) is 47.3 cm³/mol. The van der Waals surface area contributed by atoms with Crippen molar-refractivity contribution in [1.82, 2.24) is 5.32 Å². The van der Waals surface area contributed by atoms with Gasteiger partial charge in [0, 0.05) is 12.2 Å². The fourth-order valence-electron chi connectivity index (χ4n) is 2.17. The molecule has 1 heterocycles. The molecule has 1 aliphatic heterocycles. The molecular weight excluding hydrogens is 134 g/mol. The summed E-state index contributed by atoms with van der Waals surface area (Å²) >= 11 is 0.